The molecule has 7 heteroatoms. The first-order chi connectivity index (χ1) is 11.8. The second kappa shape index (κ2) is 6.27. The number of likely N-dealkylation sites (tertiary alicyclic amines) is 1. The van der Waals surface area contributed by atoms with Gasteiger partial charge in [-0.1, -0.05) is 0 Å². The van der Waals surface area contributed by atoms with Gasteiger partial charge >= 0.3 is 0 Å². The highest BCUT2D eigenvalue weighted by atomic mass is 16.2. The number of hydrogen-bond donors (Lipinski definition) is 0. The van der Waals surface area contributed by atoms with Crippen molar-refractivity contribution in [2.45, 2.75) is 18.9 Å². The van der Waals surface area contributed by atoms with Gasteiger partial charge in [-0.3, -0.25) is 9.36 Å². The van der Waals surface area contributed by atoms with Crippen molar-refractivity contribution < 1.29 is 4.79 Å². The molecule has 1 atom stereocenters. The fourth-order valence-electron chi connectivity index (χ4n) is 3.14. The van der Waals surface area contributed by atoms with Crippen LogP contribution in [-0.4, -0.2) is 48.0 Å². The van der Waals surface area contributed by atoms with Crippen LogP contribution in [0.2, 0.25) is 0 Å². The molecule has 0 N–H and O–H groups in total. The lowest BCUT2D eigenvalue weighted by Crippen LogP contribution is -2.40. The summed E-state index contributed by atoms with van der Waals surface area (Å²) in [5.41, 5.74) is 0.653. The molecule has 3 aromatic heterocycles. The molecule has 0 saturated carbocycles. The molecular weight excluding hydrogens is 304 g/mol. The van der Waals surface area contributed by atoms with Crippen LogP contribution >= 0.6 is 0 Å². The van der Waals surface area contributed by atoms with Crippen molar-refractivity contribution in [2.75, 3.05) is 13.1 Å². The molecule has 0 unspecified atom stereocenters. The molecule has 4 heterocycles. The number of amides is 1. The van der Waals surface area contributed by atoms with Crippen molar-refractivity contribution in [1.82, 2.24) is 29.0 Å². The van der Waals surface area contributed by atoms with Crippen LogP contribution in [0.1, 0.15) is 29.2 Å². The summed E-state index contributed by atoms with van der Waals surface area (Å²) in [5, 5.41) is 0. The lowest BCUT2D eigenvalue weighted by atomic mass is 10.0. The topological polar surface area (TPSA) is 68.8 Å². The molecule has 1 fully saturated rings. The first-order valence-electron chi connectivity index (χ1n) is 8.02. The van der Waals surface area contributed by atoms with Crippen LogP contribution in [0.4, 0.5) is 0 Å². The van der Waals surface area contributed by atoms with Crippen LogP contribution < -0.4 is 0 Å². The average Bonchev–Trinajstić information content (AvgIpc) is 3.35. The summed E-state index contributed by atoms with van der Waals surface area (Å²) >= 11 is 0. The molecule has 24 heavy (non-hydrogen) atoms. The normalized spacial score (nSPS) is 17.8. The number of nitrogens with zero attached hydrogens (tertiary/aromatic N) is 6. The molecular formula is C17H18N6O. The van der Waals surface area contributed by atoms with E-state index in [9.17, 15) is 4.79 Å². The Bertz CT molecular complexity index is 811. The number of rotatable bonds is 3. The Labute approximate surface area is 139 Å². The lowest BCUT2D eigenvalue weighted by molar-refractivity contribution is 0.0679. The summed E-state index contributed by atoms with van der Waals surface area (Å²) < 4.78 is 3.88. The Morgan fingerprint density at radius 3 is 2.79 bits per heavy atom. The van der Waals surface area contributed by atoms with E-state index in [1.165, 1.54) is 0 Å². The van der Waals surface area contributed by atoms with Crippen molar-refractivity contribution in [2.24, 2.45) is 0 Å². The molecule has 122 valence electrons. The third kappa shape index (κ3) is 2.80. The van der Waals surface area contributed by atoms with Gasteiger partial charge in [0.05, 0.1) is 12.4 Å². The van der Waals surface area contributed by atoms with Gasteiger partial charge in [-0.05, 0) is 25.0 Å². The number of pyridine rings is 1. The van der Waals surface area contributed by atoms with Crippen molar-refractivity contribution in [3.05, 3.63) is 61.3 Å². The van der Waals surface area contributed by atoms with Gasteiger partial charge in [0, 0.05) is 49.6 Å². The maximum atomic E-state index is 12.9. The predicted molar refractivity (Wildman–Crippen MR) is 87.8 cm³/mol. The monoisotopic (exact) mass is 322 g/mol. The van der Waals surface area contributed by atoms with E-state index in [2.05, 4.69) is 19.5 Å². The average molecular weight is 322 g/mol. The van der Waals surface area contributed by atoms with E-state index in [4.69, 9.17) is 0 Å². The second-order valence-electron chi connectivity index (χ2n) is 5.93. The van der Waals surface area contributed by atoms with E-state index in [1.807, 2.05) is 29.7 Å². The fourth-order valence-corrected chi connectivity index (χ4v) is 3.14. The Hall–Kier alpha value is -2.96. The molecule has 4 rings (SSSR count). The predicted octanol–water partition coefficient (Wildman–Crippen LogP) is 1.94. The molecule has 7 nitrogen and oxygen atoms in total. The SMILES string of the molecule is O=C(c1ccnc(-n2ccnc2)c1)N1CCC[C@H](n2ccnc2)C1. The highest BCUT2D eigenvalue weighted by molar-refractivity contribution is 5.94. The second-order valence-corrected chi connectivity index (χ2v) is 5.93. The molecule has 3 aromatic rings. The van der Waals surface area contributed by atoms with Gasteiger partial charge in [0.2, 0.25) is 0 Å². The Kier molecular flexibility index (Phi) is 3.82. The maximum absolute atomic E-state index is 12.9. The van der Waals surface area contributed by atoms with Gasteiger partial charge in [-0.15, -0.1) is 0 Å². The molecule has 1 saturated heterocycles. The molecule has 1 amide bonds. The van der Waals surface area contributed by atoms with E-state index >= 15 is 0 Å². The van der Waals surface area contributed by atoms with E-state index in [1.54, 1.807) is 35.6 Å². The highest BCUT2D eigenvalue weighted by Gasteiger charge is 2.25. The maximum Gasteiger partial charge on any atom is 0.254 e. The molecule has 0 spiro atoms. The molecule has 1 aliphatic heterocycles. The van der Waals surface area contributed by atoms with Crippen LogP contribution in [0, 0.1) is 0 Å². The van der Waals surface area contributed by atoms with E-state index in [0.717, 1.165) is 19.4 Å². The minimum atomic E-state index is 0.0450. The number of aromatic nitrogens is 5. The summed E-state index contributed by atoms with van der Waals surface area (Å²) in [6, 6.07) is 3.87. The van der Waals surface area contributed by atoms with Gasteiger partial charge in [-0.2, -0.15) is 0 Å². The van der Waals surface area contributed by atoms with Crippen molar-refractivity contribution >= 4 is 5.91 Å². The lowest BCUT2D eigenvalue weighted by Gasteiger charge is -2.33. The number of hydrogen-bond acceptors (Lipinski definition) is 4. The third-order valence-electron chi connectivity index (χ3n) is 4.39. The number of carbonyl (C=O) groups excluding carboxylic acids is 1. The molecule has 1 aliphatic rings. The van der Waals surface area contributed by atoms with Crippen LogP contribution in [0.15, 0.2) is 55.8 Å². The fraction of sp³-hybridized carbons (Fsp3) is 0.294. The zero-order valence-corrected chi connectivity index (χ0v) is 13.2. The summed E-state index contributed by atoms with van der Waals surface area (Å²) in [4.78, 5) is 27.2. The quantitative estimate of drug-likeness (QED) is 0.739. The number of imidazole rings is 2. The molecule has 0 radical (unpaired) electrons. The highest BCUT2D eigenvalue weighted by Crippen LogP contribution is 2.22. The van der Waals surface area contributed by atoms with Crippen molar-refractivity contribution in [3.63, 3.8) is 0 Å². The van der Waals surface area contributed by atoms with Crippen LogP contribution in [0.5, 0.6) is 0 Å². The summed E-state index contributed by atoms with van der Waals surface area (Å²) in [7, 11) is 0. The van der Waals surface area contributed by atoms with Crippen molar-refractivity contribution in [1.29, 1.82) is 0 Å². The molecule has 0 bridgehead atoms. The first kappa shape index (κ1) is 14.6. The Balaban J connectivity index is 1.54. The number of piperidine rings is 1. The van der Waals surface area contributed by atoms with E-state index in [-0.39, 0.29) is 5.91 Å². The summed E-state index contributed by atoms with van der Waals surface area (Å²) in [6.07, 6.45) is 14.5. The summed E-state index contributed by atoms with van der Waals surface area (Å²) in [5.74, 6) is 0.741. The van der Waals surface area contributed by atoms with Crippen LogP contribution in [-0.2, 0) is 0 Å². The minimum Gasteiger partial charge on any atom is -0.337 e. The smallest absolute Gasteiger partial charge is 0.254 e. The first-order valence-corrected chi connectivity index (χ1v) is 8.02. The molecule has 0 aromatic carbocycles. The van der Waals surface area contributed by atoms with Gasteiger partial charge < -0.3 is 9.47 Å². The standard InChI is InChI=1S/C17H18N6O/c24-17(14-3-4-20-16(10-14)23-9-6-19-13-23)21-7-1-2-15(11-21)22-8-5-18-12-22/h3-6,8-10,12-13,15H,1-2,7,11H2/t15-/m0/s1. The number of carbonyl (C=O) groups is 1. The minimum absolute atomic E-state index is 0.0450. The van der Waals surface area contributed by atoms with Crippen molar-refractivity contribution in [3.8, 4) is 5.82 Å². The van der Waals surface area contributed by atoms with E-state index < -0.39 is 0 Å². The zero-order valence-electron chi connectivity index (χ0n) is 13.2. The zero-order chi connectivity index (χ0) is 16.4. The Morgan fingerprint density at radius 2 is 2.00 bits per heavy atom. The largest absolute Gasteiger partial charge is 0.337 e. The van der Waals surface area contributed by atoms with Crippen LogP contribution in [0.25, 0.3) is 5.82 Å². The van der Waals surface area contributed by atoms with Gasteiger partial charge in [-0.25, -0.2) is 15.0 Å². The summed E-state index contributed by atoms with van der Waals surface area (Å²) in [6.45, 7) is 1.49. The molecule has 0 aliphatic carbocycles. The van der Waals surface area contributed by atoms with Gasteiger partial charge in [0.15, 0.2) is 0 Å². The Morgan fingerprint density at radius 1 is 1.12 bits per heavy atom. The van der Waals surface area contributed by atoms with Crippen LogP contribution in [0.3, 0.4) is 0 Å². The van der Waals surface area contributed by atoms with Gasteiger partial charge in [0.25, 0.3) is 5.91 Å². The van der Waals surface area contributed by atoms with E-state index in [0.29, 0.717) is 24.0 Å². The third-order valence-corrected chi connectivity index (χ3v) is 4.39. The van der Waals surface area contributed by atoms with Gasteiger partial charge in [0.1, 0.15) is 12.1 Å².